The highest BCUT2D eigenvalue weighted by Crippen LogP contribution is 2.35. The zero-order chi connectivity index (χ0) is 7.61. The van der Waals surface area contributed by atoms with Crippen molar-refractivity contribution in [2.24, 2.45) is 5.73 Å². The van der Waals surface area contributed by atoms with E-state index in [0.717, 1.165) is 12.8 Å². The largest absolute Gasteiger partial charge is 0.322 e. The summed E-state index contributed by atoms with van der Waals surface area (Å²) in [6.45, 7) is 5.72. The summed E-state index contributed by atoms with van der Waals surface area (Å²) in [7, 11) is 0. The van der Waals surface area contributed by atoms with Crippen molar-refractivity contribution in [2.75, 3.05) is 0 Å². The fourth-order valence-electron chi connectivity index (χ4n) is 1.29. The van der Waals surface area contributed by atoms with Gasteiger partial charge in [-0.2, -0.15) is 0 Å². The van der Waals surface area contributed by atoms with Crippen LogP contribution in [0.1, 0.15) is 26.2 Å². The van der Waals surface area contributed by atoms with Crippen LogP contribution in [0, 0.1) is 0 Å². The van der Waals surface area contributed by atoms with Crippen molar-refractivity contribution in [3.63, 3.8) is 0 Å². The highest BCUT2D eigenvalue weighted by atomic mass is 14.8. The first-order valence-corrected chi connectivity index (χ1v) is 3.78. The number of nitrogens with two attached hydrogens (primary N) is 1. The van der Waals surface area contributed by atoms with Crippen LogP contribution in [0.3, 0.4) is 0 Å². The minimum absolute atomic E-state index is 0.0220. The molecule has 1 rings (SSSR count). The Morgan fingerprint density at radius 2 is 2.20 bits per heavy atom. The summed E-state index contributed by atoms with van der Waals surface area (Å²) in [5.41, 5.74) is 7.31. The first kappa shape index (κ1) is 7.55. The number of hydrogen-bond acceptors (Lipinski definition) is 1. The Kier molecular flexibility index (Phi) is 1.95. The maximum absolute atomic E-state index is 6.02. The van der Waals surface area contributed by atoms with E-state index in [2.05, 4.69) is 13.5 Å². The molecule has 56 valence electrons. The zero-order valence-corrected chi connectivity index (χ0v) is 6.56. The van der Waals surface area contributed by atoms with Gasteiger partial charge in [0.25, 0.3) is 0 Å². The maximum Gasteiger partial charge on any atom is 0.0369 e. The maximum atomic E-state index is 6.02. The second-order valence-electron chi connectivity index (χ2n) is 3.10. The van der Waals surface area contributed by atoms with Crippen LogP contribution >= 0.6 is 0 Å². The summed E-state index contributed by atoms with van der Waals surface area (Å²) in [6.07, 6.45) is 7.38. The van der Waals surface area contributed by atoms with Crippen LogP contribution in [-0.4, -0.2) is 5.54 Å². The van der Waals surface area contributed by atoms with Gasteiger partial charge in [-0.15, -0.1) is 0 Å². The lowest BCUT2D eigenvalue weighted by Gasteiger charge is -2.39. The molecule has 0 saturated heterocycles. The predicted molar refractivity (Wildman–Crippen MR) is 44.7 cm³/mol. The summed E-state index contributed by atoms with van der Waals surface area (Å²) in [5.74, 6) is 0. The van der Waals surface area contributed by atoms with Gasteiger partial charge in [-0.05, 0) is 26.2 Å². The number of allylic oxidation sites excluding steroid dienone is 2. The van der Waals surface area contributed by atoms with Crippen molar-refractivity contribution in [1.29, 1.82) is 0 Å². The van der Waals surface area contributed by atoms with Gasteiger partial charge >= 0.3 is 0 Å². The van der Waals surface area contributed by atoms with Gasteiger partial charge in [0.15, 0.2) is 0 Å². The highest BCUT2D eigenvalue weighted by molar-refractivity contribution is 5.24. The molecule has 0 unspecified atom stereocenters. The minimum atomic E-state index is 0.0220. The first-order valence-electron chi connectivity index (χ1n) is 3.78. The Morgan fingerprint density at radius 1 is 1.60 bits per heavy atom. The van der Waals surface area contributed by atoms with Crippen molar-refractivity contribution in [1.82, 2.24) is 0 Å². The summed E-state index contributed by atoms with van der Waals surface area (Å²) in [5, 5.41) is 0. The molecule has 10 heavy (non-hydrogen) atoms. The zero-order valence-electron chi connectivity index (χ0n) is 6.56. The molecule has 1 aliphatic carbocycles. The molecule has 0 atom stereocenters. The molecule has 0 amide bonds. The van der Waals surface area contributed by atoms with E-state index in [9.17, 15) is 0 Å². The topological polar surface area (TPSA) is 26.0 Å². The standard InChI is InChI=1S/C9H15N/c1-3-5-8(2)9(10)6-4-7-9/h3,5H,1,4,6-7,10H2,2H3/b8-5+. The van der Waals surface area contributed by atoms with E-state index >= 15 is 0 Å². The van der Waals surface area contributed by atoms with E-state index in [4.69, 9.17) is 5.73 Å². The van der Waals surface area contributed by atoms with E-state index in [1.165, 1.54) is 12.0 Å². The smallest absolute Gasteiger partial charge is 0.0369 e. The quantitative estimate of drug-likeness (QED) is 0.579. The van der Waals surface area contributed by atoms with Gasteiger partial charge in [-0.3, -0.25) is 0 Å². The van der Waals surface area contributed by atoms with Crippen molar-refractivity contribution in [2.45, 2.75) is 31.7 Å². The Morgan fingerprint density at radius 3 is 2.50 bits per heavy atom. The molecule has 1 saturated carbocycles. The number of rotatable bonds is 2. The molecule has 1 heteroatoms. The van der Waals surface area contributed by atoms with Crippen LogP contribution in [0.4, 0.5) is 0 Å². The molecule has 0 aromatic carbocycles. The summed E-state index contributed by atoms with van der Waals surface area (Å²) in [4.78, 5) is 0. The van der Waals surface area contributed by atoms with Crippen LogP contribution in [0.25, 0.3) is 0 Å². The van der Waals surface area contributed by atoms with Gasteiger partial charge < -0.3 is 5.73 Å². The summed E-state index contributed by atoms with van der Waals surface area (Å²) >= 11 is 0. The molecule has 1 aliphatic rings. The molecule has 1 nitrogen and oxygen atoms in total. The van der Waals surface area contributed by atoms with E-state index in [-0.39, 0.29) is 5.54 Å². The summed E-state index contributed by atoms with van der Waals surface area (Å²) < 4.78 is 0. The SMILES string of the molecule is C=C/C=C(\C)C1(N)CCC1. The third-order valence-corrected chi connectivity index (χ3v) is 2.40. The molecule has 0 radical (unpaired) electrons. The second-order valence-corrected chi connectivity index (χ2v) is 3.10. The molecule has 0 aromatic heterocycles. The third-order valence-electron chi connectivity index (χ3n) is 2.40. The van der Waals surface area contributed by atoms with Crippen LogP contribution in [-0.2, 0) is 0 Å². The second kappa shape index (κ2) is 2.59. The van der Waals surface area contributed by atoms with Gasteiger partial charge in [0, 0.05) is 5.54 Å². The molecule has 2 N–H and O–H groups in total. The van der Waals surface area contributed by atoms with Crippen LogP contribution < -0.4 is 5.73 Å². The molecule has 0 aliphatic heterocycles. The van der Waals surface area contributed by atoms with Crippen molar-refractivity contribution < 1.29 is 0 Å². The molecule has 1 fully saturated rings. The average molecular weight is 137 g/mol. The van der Waals surface area contributed by atoms with Crippen LogP contribution in [0.2, 0.25) is 0 Å². The molecule has 0 bridgehead atoms. The average Bonchev–Trinajstić information content (AvgIpc) is 1.83. The van der Waals surface area contributed by atoms with Gasteiger partial charge in [-0.1, -0.05) is 24.3 Å². The Balaban J connectivity index is 2.62. The fourth-order valence-corrected chi connectivity index (χ4v) is 1.29. The normalized spacial score (nSPS) is 23.6. The molecular weight excluding hydrogens is 122 g/mol. The molecule has 0 aromatic rings. The van der Waals surface area contributed by atoms with Gasteiger partial charge in [-0.25, -0.2) is 0 Å². The lowest BCUT2D eigenvalue weighted by Crippen LogP contribution is -2.47. The van der Waals surface area contributed by atoms with Crippen molar-refractivity contribution >= 4 is 0 Å². The Bertz CT molecular complexity index is 164. The lowest BCUT2D eigenvalue weighted by molar-refractivity contribution is 0.298. The lowest BCUT2D eigenvalue weighted by atomic mass is 9.73. The molecular formula is C9H15N. The third kappa shape index (κ3) is 1.14. The fraction of sp³-hybridized carbons (Fsp3) is 0.556. The van der Waals surface area contributed by atoms with Gasteiger partial charge in [0.05, 0.1) is 0 Å². The van der Waals surface area contributed by atoms with E-state index < -0.39 is 0 Å². The van der Waals surface area contributed by atoms with Crippen molar-refractivity contribution in [3.05, 3.63) is 24.3 Å². The molecule has 0 heterocycles. The summed E-state index contributed by atoms with van der Waals surface area (Å²) in [6, 6.07) is 0. The number of hydrogen-bond donors (Lipinski definition) is 1. The molecule has 0 spiro atoms. The Labute approximate surface area is 62.6 Å². The van der Waals surface area contributed by atoms with E-state index in [1.54, 1.807) is 0 Å². The van der Waals surface area contributed by atoms with Crippen LogP contribution in [0.5, 0.6) is 0 Å². The van der Waals surface area contributed by atoms with Gasteiger partial charge in [0.2, 0.25) is 0 Å². The van der Waals surface area contributed by atoms with E-state index in [1.807, 2.05) is 12.2 Å². The highest BCUT2D eigenvalue weighted by Gasteiger charge is 2.33. The van der Waals surface area contributed by atoms with Crippen molar-refractivity contribution in [3.8, 4) is 0 Å². The van der Waals surface area contributed by atoms with Crippen LogP contribution in [0.15, 0.2) is 24.3 Å². The predicted octanol–water partition coefficient (Wildman–Crippen LogP) is 2.00. The Hall–Kier alpha value is -0.560. The van der Waals surface area contributed by atoms with E-state index in [0.29, 0.717) is 0 Å². The monoisotopic (exact) mass is 137 g/mol. The van der Waals surface area contributed by atoms with Gasteiger partial charge in [0.1, 0.15) is 0 Å². The first-order chi connectivity index (χ1) is 4.69. The minimum Gasteiger partial charge on any atom is -0.322 e.